The molecule has 0 saturated carbocycles. The quantitative estimate of drug-likeness (QED) is 0.708. The van der Waals surface area contributed by atoms with Gasteiger partial charge in [-0.1, -0.05) is 19.9 Å². The number of methoxy groups -OCH3 is 1. The topological polar surface area (TPSA) is 102 Å². The Kier molecular flexibility index (Phi) is 6.57. The van der Waals surface area contributed by atoms with Gasteiger partial charge in [-0.15, -0.1) is 0 Å². The first-order valence-electron chi connectivity index (χ1n) is 8.32. The molecule has 2 aromatic rings. The molecule has 2 rings (SSSR count). The van der Waals surface area contributed by atoms with Crippen LogP contribution in [-0.4, -0.2) is 33.9 Å². The summed E-state index contributed by atoms with van der Waals surface area (Å²) >= 11 is 0. The summed E-state index contributed by atoms with van der Waals surface area (Å²) in [5.41, 5.74) is 0.841. The van der Waals surface area contributed by atoms with E-state index < -0.39 is 16.0 Å². The van der Waals surface area contributed by atoms with Gasteiger partial charge in [-0.2, -0.15) is 0 Å². The first-order valence-corrected chi connectivity index (χ1v) is 9.80. The second-order valence-corrected chi connectivity index (χ2v) is 7.99. The van der Waals surface area contributed by atoms with Gasteiger partial charge in [0.25, 0.3) is 15.9 Å². The fourth-order valence-corrected chi connectivity index (χ4v) is 3.28. The van der Waals surface area contributed by atoms with Crippen LogP contribution in [-0.2, 0) is 14.8 Å². The zero-order valence-corrected chi connectivity index (χ0v) is 16.2. The van der Waals surface area contributed by atoms with E-state index in [1.165, 1.54) is 49.6 Å². The summed E-state index contributed by atoms with van der Waals surface area (Å²) in [5, 5.41) is 2.77. The lowest BCUT2D eigenvalue weighted by Gasteiger charge is -2.10. The van der Waals surface area contributed by atoms with Crippen molar-refractivity contribution in [2.24, 2.45) is 5.92 Å². The van der Waals surface area contributed by atoms with Crippen LogP contribution in [0.5, 0.6) is 0 Å². The van der Waals surface area contributed by atoms with Gasteiger partial charge in [-0.25, -0.2) is 13.2 Å². The van der Waals surface area contributed by atoms with Crippen LogP contribution in [0.2, 0.25) is 0 Å². The third-order valence-corrected chi connectivity index (χ3v) is 5.03. The number of esters is 1. The number of sulfonamides is 1. The van der Waals surface area contributed by atoms with Crippen molar-refractivity contribution < 1.29 is 22.7 Å². The van der Waals surface area contributed by atoms with Crippen LogP contribution in [0.25, 0.3) is 0 Å². The maximum Gasteiger partial charge on any atom is 0.337 e. The lowest BCUT2D eigenvalue weighted by atomic mass is 10.2. The minimum Gasteiger partial charge on any atom is -0.465 e. The van der Waals surface area contributed by atoms with Crippen molar-refractivity contribution in [2.45, 2.75) is 18.7 Å². The molecule has 0 aromatic heterocycles. The zero-order chi connectivity index (χ0) is 20.0. The molecule has 0 fully saturated rings. The van der Waals surface area contributed by atoms with Crippen molar-refractivity contribution in [3.05, 3.63) is 59.7 Å². The molecule has 144 valence electrons. The van der Waals surface area contributed by atoms with Crippen molar-refractivity contribution in [3.63, 3.8) is 0 Å². The van der Waals surface area contributed by atoms with Crippen molar-refractivity contribution in [3.8, 4) is 0 Å². The summed E-state index contributed by atoms with van der Waals surface area (Å²) in [4.78, 5) is 23.6. The van der Waals surface area contributed by atoms with Crippen LogP contribution < -0.4 is 10.0 Å². The van der Waals surface area contributed by atoms with Gasteiger partial charge in [0.1, 0.15) is 0 Å². The molecule has 0 aliphatic carbocycles. The molecule has 0 unspecified atom stereocenters. The third-order valence-electron chi connectivity index (χ3n) is 3.63. The van der Waals surface area contributed by atoms with Gasteiger partial charge >= 0.3 is 5.97 Å². The minimum atomic E-state index is -3.86. The Bertz CT molecular complexity index is 921. The number of nitrogens with one attached hydrogen (secondary N) is 2. The second kappa shape index (κ2) is 8.68. The van der Waals surface area contributed by atoms with Gasteiger partial charge in [0.2, 0.25) is 0 Å². The Morgan fingerprint density at radius 2 is 1.70 bits per heavy atom. The van der Waals surface area contributed by atoms with Crippen LogP contribution in [0.4, 0.5) is 5.69 Å². The maximum absolute atomic E-state index is 12.5. The van der Waals surface area contributed by atoms with Gasteiger partial charge < -0.3 is 10.1 Å². The first-order chi connectivity index (χ1) is 12.7. The smallest absolute Gasteiger partial charge is 0.337 e. The average molecular weight is 390 g/mol. The van der Waals surface area contributed by atoms with Gasteiger partial charge in [-0.05, 0) is 48.4 Å². The van der Waals surface area contributed by atoms with Crippen LogP contribution in [0.3, 0.4) is 0 Å². The van der Waals surface area contributed by atoms with E-state index in [0.717, 1.165) is 0 Å². The van der Waals surface area contributed by atoms with Gasteiger partial charge in [-0.3, -0.25) is 9.52 Å². The van der Waals surface area contributed by atoms with E-state index in [4.69, 9.17) is 0 Å². The Labute approximate surface area is 158 Å². The Hall–Kier alpha value is -2.87. The minimum absolute atomic E-state index is 0.00591. The van der Waals surface area contributed by atoms with E-state index in [1.54, 1.807) is 6.07 Å². The largest absolute Gasteiger partial charge is 0.465 e. The normalized spacial score (nSPS) is 11.1. The van der Waals surface area contributed by atoms with Crippen LogP contribution in [0, 0.1) is 5.92 Å². The highest BCUT2D eigenvalue weighted by Gasteiger charge is 2.16. The molecule has 8 heteroatoms. The number of hydrogen-bond donors (Lipinski definition) is 2. The second-order valence-electron chi connectivity index (χ2n) is 6.31. The lowest BCUT2D eigenvalue weighted by molar-refractivity contribution is 0.0600. The molecule has 2 N–H and O–H groups in total. The summed E-state index contributed by atoms with van der Waals surface area (Å²) in [7, 11) is -2.62. The molecule has 7 nitrogen and oxygen atoms in total. The van der Waals surface area contributed by atoms with E-state index in [-0.39, 0.29) is 22.1 Å². The van der Waals surface area contributed by atoms with Crippen LogP contribution >= 0.6 is 0 Å². The van der Waals surface area contributed by atoms with Crippen molar-refractivity contribution in [1.82, 2.24) is 5.32 Å². The first kappa shape index (κ1) is 20.4. The van der Waals surface area contributed by atoms with Gasteiger partial charge in [0.15, 0.2) is 0 Å². The average Bonchev–Trinajstić information content (AvgIpc) is 2.65. The zero-order valence-electron chi connectivity index (χ0n) is 15.4. The SMILES string of the molecule is COC(=O)c1cccc(NS(=O)(=O)c2ccc(C(=O)NCC(C)C)cc2)c1. The van der Waals surface area contributed by atoms with Crippen molar-refractivity contribution in [1.29, 1.82) is 0 Å². The molecule has 0 aliphatic rings. The predicted octanol–water partition coefficient (Wildman–Crippen LogP) is 2.66. The fourth-order valence-electron chi connectivity index (χ4n) is 2.23. The van der Waals surface area contributed by atoms with Crippen molar-refractivity contribution >= 4 is 27.6 Å². The van der Waals surface area contributed by atoms with Crippen LogP contribution in [0.15, 0.2) is 53.4 Å². The maximum atomic E-state index is 12.5. The molecule has 0 atom stereocenters. The predicted molar refractivity (Wildman–Crippen MR) is 102 cm³/mol. The molecular formula is C19H22N2O5S. The molecule has 27 heavy (non-hydrogen) atoms. The lowest BCUT2D eigenvalue weighted by Crippen LogP contribution is -2.27. The Morgan fingerprint density at radius 3 is 2.30 bits per heavy atom. The highest BCUT2D eigenvalue weighted by molar-refractivity contribution is 7.92. The number of carbonyl (C=O) groups excluding carboxylic acids is 2. The number of rotatable bonds is 7. The molecule has 1 amide bonds. The highest BCUT2D eigenvalue weighted by atomic mass is 32.2. The summed E-state index contributed by atoms with van der Waals surface area (Å²) in [5.74, 6) is -0.502. The molecule has 0 radical (unpaired) electrons. The summed E-state index contributed by atoms with van der Waals surface area (Å²) in [6, 6.07) is 11.6. The van der Waals surface area contributed by atoms with E-state index in [1.807, 2.05) is 13.8 Å². The number of benzene rings is 2. The monoisotopic (exact) mass is 390 g/mol. The molecule has 0 saturated heterocycles. The van der Waals surface area contributed by atoms with E-state index >= 15 is 0 Å². The summed E-state index contributed by atoms with van der Waals surface area (Å²) in [6.07, 6.45) is 0. The summed E-state index contributed by atoms with van der Waals surface area (Å²) in [6.45, 7) is 4.50. The number of hydrogen-bond acceptors (Lipinski definition) is 5. The molecule has 2 aromatic carbocycles. The molecule has 0 heterocycles. The number of anilines is 1. The van der Waals surface area contributed by atoms with E-state index in [2.05, 4.69) is 14.8 Å². The number of carbonyl (C=O) groups is 2. The Balaban J connectivity index is 2.15. The Morgan fingerprint density at radius 1 is 1.04 bits per heavy atom. The molecular weight excluding hydrogens is 368 g/mol. The van der Waals surface area contributed by atoms with Crippen molar-refractivity contribution in [2.75, 3.05) is 18.4 Å². The fraction of sp³-hybridized carbons (Fsp3) is 0.263. The number of amides is 1. The number of ether oxygens (including phenoxy) is 1. The third kappa shape index (κ3) is 5.55. The van der Waals surface area contributed by atoms with Gasteiger partial charge in [0, 0.05) is 17.8 Å². The molecule has 0 bridgehead atoms. The van der Waals surface area contributed by atoms with Crippen LogP contribution in [0.1, 0.15) is 34.6 Å². The van der Waals surface area contributed by atoms with Gasteiger partial charge in [0.05, 0.1) is 17.6 Å². The summed E-state index contributed by atoms with van der Waals surface area (Å²) < 4.78 is 32.1. The van der Waals surface area contributed by atoms with E-state index in [9.17, 15) is 18.0 Å². The molecule has 0 spiro atoms. The highest BCUT2D eigenvalue weighted by Crippen LogP contribution is 2.18. The molecule has 0 aliphatic heterocycles. The standard InChI is InChI=1S/C19H22N2O5S/c1-13(2)12-20-18(22)14-7-9-17(10-8-14)27(24,25)21-16-6-4-5-15(11-16)19(23)26-3/h4-11,13,21H,12H2,1-3H3,(H,20,22). The van der Waals surface area contributed by atoms with E-state index in [0.29, 0.717) is 18.0 Å².